The number of carboxylic acids is 1. The molecule has 2 heterocycles. The molecule has 142 valence electrons. The molecule has 2 aliphatic heterocycles. The van der Waals surface area contributed by atoms with Gasteiger partial charge in [-0.2, -0.15) is 0 Å². The number of hydrogen-bond donors (Lipinski definition) is 1. The second-order valence-corrected chi connectivity index (χ2v) is 9.32. The summed E-state index contributed by atoms with van der Waals surface area (Å²) in [7, 11) is 0. The summed E-state index contributed by atoms with van der Waals surface area (Å²) in [6, 6.07) is 0.176. The number of likely N-dealkylation sites (tertiary alicyclic amines) is 2. The number of aliphatic carboxylic acids is 1. The molecule has 1 aliphatic carbocycles. The Bertz CT molecular complexity index is 538. The molecule has 0 aromatic carbocycles. The number of rotatable bonds is 3. The van der Waals surface area contributed by atoms with Crippen molar-refractivity contribution >= 4 is 12.1 Å². The Morgan fingerprint density at radius 2 is 1.80 bits per heavy atom. The van der Waals surface area contributed by atoms with E-state index in [4.69, 9.17) is 4.74 Å². The molecule has 3 unspecified atom stereocenters. The molecule has 3 fully saturated rings. The summed E-state index contributed by atoms with van der Waals surface area (Å²) in [6.45, 7) is 11.1. The number of amides is 1. The van der Waals surface area contributed by atoms with Crippen molar-refractivity contribution in [2.75, 3.05) is 26.2 Å². The Kier molecular flexibility index (Phi) is 4.77. The standard InChI is InChI=1S/C19H32N2O4/c1-18(2,3)25-17(24)21-11-14(12-21)13-6-5-9-20(10-13)15-7-8-19(15,4)16(22)23/h13-15H,5-12H2,1-4H3,(H,22,23). The number of carbonyl (C=O) groups excluding carboxylic acids is 1. The average Bonchev–Trinajstić information content (AvgIpc) is 2.42. The van der Waals surface area contributed by atoms with Crippen molar-refractivity contribution in [2.24, 2.45) is 17.3 Å². The summed E-state index contributed by atoms with van der Waals surface area (Å²) < 4.78 is 5.43. The zero-order valence-corrected chi connectivity index (χ0v) is 16.0. The molecule has 0 radical (unpaired) electrons. The average molecular weight is 352 g/mol. The Morgan fingerprint density at radius 3 is 2.32 bits per heavy atom. The van der Waals surface area contributed by atoms with Crippen LogP contribution in [0.5, 0.6) is 0 Å². The lowest BCUT2D eigenvalue weighted by atomic mass is 9.64. The van der Waals surface area contributed by atoms with Gasteiger partial charge in [0.1, 0.15) is 5.60 Å². The maximum absolute atomic E-state index is 12.1. The summed E-state index contributed by atoms with van der Waals surface area (Å²) >= 11 is 0. The summed E-state index contributed by atoms with van der Waals surface area (Å²) in [5.41, 5.74) is -1.03. The van der Waals surface area contributed by atoms with Crippen LogP contribution < -0.4 is 0 Å². The third-order valence-corrected chi connectivity index (χ3v) is 6.32. The first kappa shape index (κ1) is 18.5. The molecule has 0 spiro atoms. The second kappa shape index (κ2) is 6.45. The molecular formula is C19H32N2O4. The van der Waals surface area contributed by atoms with Crippen LogP contribution in [0.2, 0.25) is 0 Å². The highest BCUT2D eigenvalue weighted by Crippen LogP contribution is 2.46. The van der Waals surface area contributed by atoms with Gasteiger partial charge in [-0.1, -0.05) is 0 Å². The number of carbonyl (C=O) groups is 2. The van der Waals surface area contributed by atoms with Crippen LogP contribution in [-0.4, -0.2) is 64.8 Å². The van der Waals surface area contributed by atoms with E-state index >= 15 is 0 Å². The van der Waals surface area contributed by atoms with Gasteiger partial charge in [0.2, 0.25) is 0 Å². The zero-order valence-electron chi connectivity index (χ0n) is 16.0. The topological polar surface area (TPSA) is 70.1 Å². The van der Waals surface area contributed by atoms with Crippen LogP contribution in [0.25, 0.3) is 0 Å². The van der Waals surface area contributed by atoms with Gasteiger partial charge in [-0.25, -0.2) is 4.79 Å². The number of hydrogen-bond acceptors (Lipinski definition) is 4. The molecule has 25 heavy (non-hydrogen) atoms. The van der Waals surface area contributed by atoms with Gasteiger partial charge in [0.25, 0.3) is 0 Å². The van der Waals surface area contributed by atoms with Crippen LogP contribution in [-0.2, 0) is 9.53 Å². The monoisotopic (exact) mass is 352 g/mol. The number of carboxylic acid groups (broad SMARTS) is 1. The minimum atomic E-state index is -0.661. The summed E-state index contributed by atoms with van der Waals surface area (Å²) in [5.74, 6) is 0.420. The fourth-order valence-corrected chi connectivity index (χ4v) is 4.54. The lowest BCUT2D eigenvalue weighted by Gasteiger charge is -2.53. The molecule has 1 amide bonds. The van der Waals surface area contributed by atoms with Crippen LogP contribution in [0.1, 0.15) is 53.4 Å². The van der Waals surface area contributed by atoms with Gasteiger partial charge in [0.05, 0.1) is 5.41 Å². The van der Waals surface area contributed by atoms with Crippen LogP contribution in [0.4, 0.5) is 4.79 Å². The molecule has 1 N–H and O–H groups in total. The van der Waals surface area contributed by atoms with Crippen molar-refractivity contribution in [1.29, 1.82) is 0 Å². The highest BCUT2D eigenvalue weighted by Gasteiger charge is 2.52. The summed E-state index contributed by atoms with van der Waals surface area (Å²) in [5, 5.41) is 9.53. The van der Waals surface area contributed by atoms with Crippen LogP contribution in [0.3, 0.4) is 0 Å². The molecule has 3 rings (SSSR count). The van der Waals surface area contributed by atoms with Gasteiger partial charge in [0.15, 0.2) is 0 Å². The van der Waals surface area contributed by atoms with Gasteiger partial charge >= 0.3 is 12.1 Å². The fourth-order valence-electron chi connectivity index (χ4n) is 4.54. The largest absolute Gasteiger partial charge is 0.481 e. The maximum Gasteiger partial charge on any atom is 0.410 e. The van der Waals surface area contributed by atoms with Crippen molar-refractivity contribution in [3.63, 3.8) is 0 Å². The Labute approximate surface area is 150 Å². The van der Waals surface area contributed by atoms with Crippen molar-refractivity contribution in [2.45, 2.75) is 65.0 Å². The Balaban J connectivity index is 1.51. The SMILES string of the molecule is CC(C)(C)OC(=O)N1CC(C2CCCN(C3CCC3(C)C(=O)O)C2)C1. The molecule has 2 saturated heterocycles. The third kappa shape index (κ3) is 3.64. The molecule has 0 bridgehead atoms. The Hall–Kier alpha value is -1.30. The normalized spacial score (nSPS) is 34.2. The van der Waals surface area contributed by atoms with E-state index in [1.165, 1.54) is 6.42 Å². The van der Waals surface area contributed by atoms with Crippen molar-refractivity contribution < 1.29 is 19.4 Å². The van der Waals surface area contributed by atoms with Gasteiger partial charge in [-0.05, 0) is 71.8 Å². The van der Waals surface area contributed by atoms with E-state index in [1.54, 1.807) is 4.90 Å². The van der Waals surface area contributed by atoms with E-state index in [9.17, 15) is 14.7 Å². The smallest absolute Gasteiger partial charge is 0.410 e. The molecule has 3 aliphatic rings. The van der Waals surface area contributed by atoms with Gasteiger partial charge in [-0.15, -0.1) is 0 Å². The highest BCUT2D eigenvalue weighted by molar-refractivity contribution is 5.76. The molecule has 3 atom stereocenters. The highest BCUT2D eigenvalue weighted by atomic mass is 16.6. The molecule has 1 saturated carbocycles. The van der Waals surface area contributed by atoms with Crippen molar-refractivity contribution in [1.82, 2.24) is 9.80 Å². The van der Waals surface area contributed by atoms with E-state index in [2.05, 4.69) is 4.90 Å². The summed E-state index contributed by atoms with van der Waals surface area (Å²) in [4.78, 5) is 27.9. The van der Waals surface area contributed by atoms with Crippen molar-refractivity contribution in [3.8, 4) is 0 Å². The van der Waals surface area contributed by atoms with E-state index in [0.717, 1.165) is 45.4 Å². The molecule has 6 nitrogen and oxygen atoms in total. The van der Waals surface area contributed by atoms with Crippen LogP contribution >= 0.6 is 0 Å². The number of nitrogens with zero attached hydrogens (tertiary/aromatic N) is 2. The molecular weight excluding hydrogens is 320 g/mol. The lowest BCUT2D eigenvalue weighted by Crippen LogP contribution is -2.62. The first-order valence-corrected chi connectivity index (χ1v) is 9.55. The van der Waals surface area contributed by atoms with Crippen LogP contribution in [0, 0.1) is 17.3 Å². The molecule has 6 heteroatoms. The van der Waals surface area contributed by atoms with E-state index in [1.807, 2.05) is 27.7 Å². The van der Waals surface area contributed by atoms with Gasteiger partial charge < -0.3 is 14.7 Å². The first-order chi connectivity index (χ1) is 11.6. The van der Waals surface area contributed by atoms with Crippen LogP contribution in [0.15, 0.2) is 0 Å². The second-order valence-electron chi connectivity index (χ2n) is 9.32. The minimum Gasteiger partial charge on any atom is -0.481 e. The predicted molar refractivity (Wildman–Crippen MR) is 94.4 cm³/mol. The first-order valence-electron chi connectivity index (χ1n) is 9.55. The van der Waals surface area contributed by atoms with Gasteiger partial charge in [-0.3, -0.25) is 9.69 Å². The third-order valence-electron chi connectivity index (χ3n) is 6.32. The Morgan fingerprint density at radius 1 is 1.12 bits per heavy atom. The number of piperidine rings is 1. The number of ether oxygens (including phenoxy) is 1. The van der Waals surface area contributed by atoms with Gasteiger partial charge in [0, 0.05) is 25.7 Å². The summed E-state index contributed by atoms with van der Waals surface area (Å²) in [6.07, 6.45) is 3.86. The van der Waals surface area contributed by atoms with E-state index < -0.39 is 17.0 Å². The quantitative estimate of drug-likeness (QED) is 0.846. The van der Waals surface area contributed by atoms with Crippen molar-refractivity contribution in [3.05, 3.63) is 0 Å². The maximum atomic E-state index is 12.1. The molecule has 0 aromatic heterocycles. The zero-order chi connectivity index (χ0) is 18.4. The molecule has 0 aromatic rings. The van der Waals surface area contributed by atoms with E-state index in [0.29, 0.717) is 11.8 Å². The lowest BCUT2D eigenvalue weighted by molar-refractivity contribution is -0.163. The minimum absolute atomic E-state index is 0.176. The van der Waals surface area contributed by atoms with E-state index in [-0.39, 0.29) is 12.1 Å². The fraction of sp³-hybridized carbons (Fsp3) is 0.895. The predicted octanol–water partition coefficient (Wildman–Crippen LogP) is 2.82.